The molecule has 3 aromatic rings. The fraction of sp³-hybridized carbons (Fsp3) is 0.0667. The molecule has 3 rings (SSSR count). The molecule has 0 amide bonds. The third-order valence-corrected chi connectivity index (χ3v) is 3.22. The Morgan fingerprint density at radius 1 is 1.11 bits per heavy atom. The molecule has 1 aromatic carbocycles. The van der Waals surface area contributed by atoms with E-state index in [1.54, 1.807) is 12.4 Å². The van der Waals surface area contributed by atoms with Crippen molar-refractivity contribution in [2.75, 3.05) is 0 Å². The lowest BCUT2D eigenvalue weighted by Gasteiger charge is -2.08. The average molecular weight is 315 g/mol. The molecule has 0 aliphatic carbocycles. The average Bonchev–Trinajstić information content (AvgIpc) is 2.42. The third-order valence-electron chi connectivity index (χ3n) is 2.79. The van der Waals surface area contributed by atoms with E-state index < -0.39 is 0 Å². The Morgan fingerprint density at radius 3 is 2.84 bits per heavy atom. The Kier molecular flexibility index (Phi) is 3.17. The first kappa shape index (κ1) is 12.1. The number of halogens is 1. The number of rotatable bonds is 2. The van der Waals surface area contributed by atoms with Crippen molar-refractivity contribution in [1.29, 1.82) is 0 Å². The highest BCUT2D eigenvalue weighted by atomic mass is 79.9. The van der Waals surface area contributed by atoms with Gasteiger partial charge in [-0.1, -0.05) is 6.07 Å². The molecular weight excluding hydrogens is 304 g/mol. The van der Waals surface area contributed by atoms with Crippen molar-refractivity contribution in [3.8, 4) is 11.6 Å². The summed E-state index contributed by atoms with van der Waals surface area (Å²) < 4.78 is 6.74. The van der Waals surface area contributed by atoms with Crippen LogP contribution in [0.3, 0.4) is 0 Å². The smallest absolute Gasteiger partial charge is 0.222 e. The van der Waals surface area contributed by atoms with Crippen molar-refractivity contribution in [1.82, 2.24) is 9.97 Å². The maximum Gasteiger partial charge on any atom is 0.222 e. The molecule has 0 aliphatic rings. The predicted molar refractivity (Wildman–Crippen MR) is 78.5 cm³/mol. The van der Waals surface area contributed by atoms with Crippen LogP contribution in [0.2, 0.25) is 0 Å². The van der Waals surface area contributed by atoms with Crippen LogP contribution in [0.4, 0.5) is 0 Å². The van der Waals surface area contributed by atoms with Gasteiger partial charge in [-0.05, 0) is 47.1 Å². The summed E-state index contributed by atoms with van der Waals surface area (Å²) in [5.74, 6) is 1.35. The standard InChI is InChI=1S/C15H11BrN2O/c1-10-7-12(16)9-18-15(10)19-13-5-4-11-3-2-6-17-14(11)8-13/h2-9H,1H3. The van der Waals surface area contributed by atoms with Crippen molar-refractivity contribution in [3.05, 3.63) is 58.8 Å². The number of hydrogen-bond acceptors (Lipinski definition) is 3. The zero-order chi connectivity index (χ0) is 13.2. The molecule has 2 heterocycles. The minimum atomic E-state index is 0.610. The van der Waals surface area contributed by atoms with E-state index >= 15 is 0 Å². The molecule has 19 heavy (non-hydrogen) atoms. The second kappa shape index (κ2) is 4.97. The van der Waals surface area contributed by atoms with Gasteiger partial charge < -0.3 is 4.74 Å². The quantitative estimate of drug-likeness (QED) is 0.699. The zero-order valence-electron chi connectivity index (χ0n) is 10.3. The molecule has 0 saturated carbocycles. The van der Waals surface area contributed by atoms with Crippen LogP contribution < -0.4 is 4.74 Å². The summed E-state index contributed by atoms with van der Waals surface area (Å²) in [6.45, 7) is 1.96. The van der Waals surface area contributed by atoms with Crippen LogP contribution in [-0.4, -0.2) is 9.97 Å². The molecule has 0 bridgehead atoms. The number of hydrogen-bond donors (Lipinski definition) is 0. The van der Waals surface area contributed by atoms with Gasteiger partial charge in [-0.25, -0.2) is 4.98 Å². The van der Waals surface area contributed by atoms with Crippen molar-refractivity contribution in [2.24, 2.45) is 0 Å². The third kappa shape index (κ3) is 2.58. The van der Waals surface area contributed by atoms with Crippen LogP contribution in [0.25, 0.3) is 10.9 Å². The van der Waals surface area contributed by atoms with Crippen molar-refractivity contribution in [2.45, 2.75) is 6.92 Å². The molecule has 2 aromatic heterocycles. The van der Waals surface area contributed by atoms with Gasteiger partial charge in [0.15, 0.2) is 0 Å². The predicted octanol–water partition coefficient (Wildman–Crippen LogP) is 4.49. The maximum atomic E-state index is 5.80. The molecule has 0 radical (unpaired) electrons. The lowest BCUT2D eigenvalue weighted by Crippen LogP contribution is -1.91. The van der Waals surface area contributed by atoms with Gasteiger partial charge in [-0.2, -0.15) is 0 Å². The molecular formula is C15H11BrN2O. The first-order valence-electron chi connectivity index (χ1n) is 5.87. The number of aryl methyl sites for hydroxylation is 1. The van der Waals surface area contributed by atoms with Crippen LogP contribution in [-0.2, 0) is 0 Å². The molecule has 3 nitrogen and oxygen atoms in total. The van der Waals surface area contributed by atoms with Crippen LogP contribution in [0.15, 0.2) is 53.3 Å². The number of nitrogens with zero attached hydrogens (tertiary/aromatic N) is 2. The van der Waals surface area contributed by atoms with E-state index in [9.17, 15) is 0 Å². The number of benzene rings is 1. The summed E-state index contributed by atoms with van der Waals surface area (Å²) in [5, 5.41) is 1.09. The summed E-state index contributed by atoms with van der Waals surface area (Å²) in [7, 11) is 0. The molecule has 0 aliphatic heterocycles. The van der Waals surface area contributed by atoms with Gasteiger partial charge in [0.05, 0.1) is 5.52 Å². The second-order valence-electron chi connectivity index (χ2n) is 4.24. The summed E-state index contributed by atoms with van der Waals surface area (Å²) >= 11 is 3.39. The topological polar surface area (TPSA) is 35.0 Å². The Hall–Kier alpha value is -1.94. The van der Waals surface area contributed by atoms with E-state index in [-0.39, 0.29) is 0 Å². The molecule has 0 atom stereocenters. The van der Waals surface area contributed by atoms with Gasteiger partial charge in [0, 0.05) is 33.9 Å². The van der Waals surface area contributed by atoms with Crippen LogP contribution in [0, 0.1) is 6.92 Å². The van der Waals surface area contributed by atoms with E-state index in [4.69, 9.17) is 4.74 Å². The highest BCUT2D eigenvalue weighted by Crippen LogP contribution is 2.26. The minimum Gasteiger partial charge on any atom is -0.439 e. The highest BCUT2D eigenvalue weighted by molar-refractivity contribution is 9.10. The zero-order valence-corrected chi connectivity index (χ0v) is 11.9. The van der Waals surface area contributed by atoms with E-state index in [2.05, 4.69) is 25.9 Å². The second-order valence-corrected chi connectivity index (χ2v) is 5.15. The van der Waals surface area contributed by atoms with E-state index in [0.717, 1.165) is 26.7 Å². The van der Waals surface area contributed by atoms with Gasteiger partial charge >= 0.3 is 0 Å². The van der Waals surface area contributed by atoms with E-state index in [0.29, 0.717) is 5.88 Å². The van der Waals surface area contributed by atoms with Gasteiger partial charge in [-0.15, -0.1) is 0 Å². The van der Waals surface area contributed by atoms with E-state index in [1.807, 2.05) is 43.3 Å². The summed E-state index contributed by atoms with van der Waals surface area (Å²) in [6, 6.07) is 11.7. The molecule has 0 fully saturated rings. The van der Waals surface area contributed by atoms with Crippen LogP contribution >= 0.6 is 15.9 Å². The van der Waals surface area contributed by atoms with Gasteiger partial charge in [0.25, 0.3) is 0 Å². The van der Waals surface area contributed by atoms with E-state index in [1.165, 1.54) is 0 Å². The van der Waals surface area contributed by atoms with Crippen molar-refractivity contribution >= 4 is 26.8 Å². The number of aromatic nitrogens is 2. The normalized spacial score (nSPS) is 10.6. The molecule has 0 spiro atoms. The molecule has 0 saturated heterocycles. The number of ether oxygens (including phenoxy) is 1. The maximum absolute atomic E-state index is 5.80. The first-order chi connectivity index (χ1) is 9.22. The Labute approximate surface area is 119 Å². The van der Waals surface area contributed by atoms with Crippen molar-refractivity contribution < 1.29 is 4.74 Å². The molecule has 94 valence electrons. The lowest BCUT2D eigenvalue weighted by atomic mass is 10.2. The summed E-state index contributed by atoms with van der Waals surface area (Å²) in [5.41, 5.74) is 1.89. The first-order valence-corrected chi connectivity index (χ1v) is 6.66. The SMILES string of the molecule is Cc1cc(Br)cnc1Oc1ccc2cccnc2c1. The summed E-state index contributed by atoms with van der Waals surface area (Å²) in [4.78, 5) is 8.58. The van der Waals surface area contributed by atoms with Crippen LogP contribution in [0.5, 0.6) is 11.6 Å². The van der Waals surface area contributed by atoms with Gasteiger partial charge in [0.2, 0.25) is 5.88 Å². The number of pyridine rings is 2. The Morgan fingerprint density at radius 2 is 2.00 bits per heavy atom. The fourth-order valence-electron chi connectivity index (χ4n) is 1.86. The largest absolute Gasteiger partial charge is 0.439 e. The Balaban J connectivity index is 1.96. The molecule has 0 unspecified atom stereocenters. The highest BCUT2D eigenvalue weighted by Gasteiger charge is 2.04. The van der Waals surface area contributed by atoms with Crippen molar-refractivity contribution in [3.63, 3.8) is 0 Å². The lowest BCUT2D eigenvalue weighted by molar-refractivity contribution is 0.459. The van der Waals surface area contributed by atoms with Gasteiger partial charge in [0.1, 0.15) is 5.75 Å². The molecule has 4 heteroatoms. The molecule has 0 N–H and O–H groups in total. The number of fused-ring (bicyclic) bond motifs is 1. The fourth-order valence-corrected chi connectivity index (χ4v) is 2.30. The van der Waals surface area contributed by atoms with Gasteiger partial charge in [-0.3, -0.25) is 4.98 Å². The monoisotopic (exact) mass is 314 g/mol. The Bertz CT molecular complexity index is 743. The summed E-state index contributed by atoms with van der Waals surface area (Å²) in [6.07, 6.45) is 3.50. The van der Waals surface area contributed by atoms with Crippen LogP contribution in [0.1, 0.15) is 5.56 Å². The minimum absolute atomic E-state index is 0.610.